The fourth-order valence-corrected chi connectivity index (χ4v) is 2.21. The normalized spacial score (nSPS) is 10.7. The van der Waals surface area contributed by atoms with Crippen molar-refractivity contribution in [1.29, 1.82) is 0 Å². The number of carbonyl (C=O) groups excluding carboxylic acids is 1. The Labute approximate surface area is 121 Å². The van der Waals surface area contributed by atoms with Gasteiger partial charge in [0.05, 0.1) is 18.7 Å². The number of aromatic nitrogens is 2. The number of anilines is 1. The lowest BCUT2D eigenvalue weighted by molar-refractivity contribution is -0.115. The molecule has 5 nitrogen and oxygen atoms in total. The molecule has 0 atom stereocenters. The van der Waals surface area contributed by atoms with Gasteiger partial charge in [0.2, 0.25) is 5.91 Å². The Hall–Kier alpha value is -2.66. The van der Waals surface area contributed by atoms with Crippen molar-refractivity contribution in [2.75, 3.05) is 5.32 Å². The standard InChI is InChI=1S/C16H15N3O2/c20-11-12-5-1-2-6-14(12)18-16(21)9-13-10-19-8-4-3-7-15(19)17-13/h1-8,10,20H,9,11H2,(H,18,21). The fraction of sp³-hybridized carbons (Fsp3) is 0.125. The van der Waals surface area contributed by atoms with Gasteiger partial charge in [0.25, 0.3) is 0 Å². The average molecular weight is 281 g/mol. The zero-order valence-electron chi connectivity index (χ0n) is 11.4. The predicted molar refractivity (Wildman–Crippen MR) is 79.9 cm³/mol. The van der Waals surface area contributed by atoms with E-state index >= 15 is 0 Å². The number of pyridine rings is 1. The zero-order chi connectivity index (χ0) is 14.7. The Bertz CT molecular complexity index is 747. The number of rotatable bonds is 4. The second kappa shape index (κ2) is 5.76. The third kappa shape index (κ3) is 2.93. The minimum atomic E-state index is -0.153. The van der Waals surface area contributed by atoms with E-state index in [9.17, 15) is 9.90 Å². The smallest absolute Gasteiger partial charge is 0.230 e. The van der Waals surface area contributed by atoms with Crippen molar-refractivity contribution in [2.24, 2.45) is 0 Å². The van der Waals surface area contributed by atoms with Crippen LogP contribution in [0.25, 0.3) is 5.65 Å². The first-order valence-corrected chi connectivity index (χ1v) is 6.67. The molecule has 21 heavy (non-hydrogen) atoms. The van der Waals surface area contributed by atoms with Gasteiger partial charge in [-0.25, -0.2) is 4.98 Å². The van der Waals surface area contributed by atoms with Crippen LogP contribution in [0.15, 0.2) is 54.9 Å². The SMILES string of the molecule is O=C(Cc1cn2ccccc2n1)Nc1ccccc1CO. The maximum atomic E-state index is 12.1. The minimum Gasteiger partial charge on any atom is -0.392 e. The number of benzene rings is 1. The minimum absolute atomic E-state index is 0.106. The summed E-state index contributed by atoms with van der Waals surface area (Å²) in [5.74, 6) is -0.153. The summed E-state index contributed by atoms with van der Waals surface area (Å²) in [6, 6.07) is 12.9. The van der Waals surface area contributed by atoms with Crippen molar-refractivity contribution in [3.63, 3.8) is 0 Å². The van der Waals surface area contributed by atoms with Crippen molar-refractivity contribution in [3.8, 4) is 0 Å². The molecule has 0 radical (unpaired) electrons. The molecule has 0 unspecified atom stereocenters. The molecule has 0 fully saturated rings. The van der Waals surface area contributed by atoms with Gasteiger partial charge in [0, 0.05) is 23.6 Å². The van der Waals surface area contributed by atoms with Crippen LogP contribution in [-0.4, -0.2) is 20.4 Å². The van der Waals surface area contributed by atoms with Gasteiger partial charge in [-0.05, 0) is 18.2 Å². The molecule has 1 aromatic carbocycles. The molecule has 3 aromatic rings. The highest BCUT2D eigenvalue weighted by molar-refractivity contribution is 5.92. The molecule has 0 saturated carbocycles. The lowest BCUT2D eigenvalue weighted by atomic mass is 10.2. The highest BCUT2D eigenvalue weighted by Gasteiger charge is 2.09. The second-order valence-electron chi connectivity index (χ2n) is 4.74. The molecule has 3 rings (SSSR count). The number of imidazole rings is 1. The van der Waals surface area contributed by atoms with Crippen LogP contribution in [0, 0.1) is 0 Å². The quantitative estimate of drug-likeness (QED) is 0.768. The van der Waals surface area contributed by atoms with E-state index in [0.29, 0.717) is 16.9 Å². The molecular weight excluding hydrogens is 266 g/mol. The number of amides is 1. The van der Waals surface area contributed by atoms with E-state index in [-0.39, 0.29) is 18.9 Å². The average Bonchev–Trinajstić information content (AvgIpc) is 2.89. The monoisotopic (exact) mass is 281 g/mol. The molecule has 106 valence electrons. The maximum Gasteiger partial charge on any atom is 0.230 e. The summed E-state index contributed by atoms with van der Waals surface area (Å²) >= 11 is 0. The van der Waals surface area contributed by atoms with Crippen LogP contribution >= 0.6 is 0 Å². The van der Waals surface area contributed by atoms with Crippen LogP contribution in [0.4, 0.5) is 5.69 Å². The Morgan fingerprint density at radius 3 is 2.81 bits per heavy atom. The van der Waals surface area contributed by atoms with Crippen molar-refractivity contribution >= 4 is 17.2 Å². The van der Waals surface area contributed by atoms with Gasteiger partial charge >= 0.3 is 0 Å². The van der Waals surface area contributed by atoms with Crippen LogP contribution in [0.3, 0.4) is 0 Å². The lowest BCUT2D eigenvalue weighted by Gasteiger charge is -2.08. The van der Waals surface area contributed by atoms with Crippen molar-refractivity contribution < 1.29 is 9.90 Å². The Morgan fingerprint density at radius 2 is 2.00 bits per heavy atom. The summed E-state index contributed by atoms with van der Waals surface area (Å²) in [5.41, 5.74) is 2.85. The number of aliphatic hydroxyl groups excluding tert-OH is 1. The third-order valence-electron chi connectivity index (χ3n) is 3.22. The molecule has 0 aliphatic carbocycles. The number of para-hydroxylation sites is 1. The fourth-order valence-electron chi connectivity index (χ4n) is 2.21. The largest absolute Gasteiger partial charge is 0.392 e. The zero-order valence-corrected chi connectivity index (χ0v) is 11.4. The lowest BCUT2D eigenvalue weighted by Crippen LogP contribution is -2.15. The predicted octanol–water partition coefficient (Wildman–Crippen LogP) is 2.01. The van der Waals surface area contributed by atoms with Gasteiger partial charge in [0.1, 0.15) is 5.65 Å². The number of fused-ring (bicyclic) bond motifs is 1. The molecule has 2 N–H and O–H groups in total. The highest BCUT2D eigenvalue weighted by atomic mass is 16.3. The van der Waals surface area contributed by atoms with Crippen LogP contribution in [0.2, 0.25) is 0 Å². The van der Waals surface area contributed by atoms with Crippen molar-refractivity contribution in [2.45, 2.75) is 13.0 Å². The third-order valence-corrected chi connectivity index (χ3v) is 3.22. The van der Waals surface area contributed by atoms with Gasteiger partial charge in [0.15, 0.2) is 0 Å². The first kappa shape index (κ1) is 13.3. The molecular formula is C16H15N3O2. The highest BCUT2D eigenvalue weighted by Crippen LogP contribution is 2.15. The van der Waals surface area contributed by atoms with E-state index < -0.39 is 0 Å². The van der Waals surface area contributed by atoms with Gasteiger partial charge in [-0.2, -0.15) is 0 Å². The molecule has 2 aromatic heterocycles. The summed E-state index contributed by atoms with van der Waals surface area (Å²) in [4.78, 5) is 16.5. The first-order valence-electron chi connectivity index (χ1n) is 6.67. The van der Waals surface area contributed by atoms with Gasteiger partial charge < -0.3 is 14.8 Å². The van der Waals surface area contributed by atoms with Crippen LogP contribution in [0.1, 0.15) is 11.3 Å². The van der Waals surface area contributed by atoms with E-state index in [4.69, 9.17) is 0 Å². The molecule has 2 heterocycles. The van der Waals surface area contributed by atoms with Gasteiger partial charge in [-0.3, -0.25) is 4.79 Å². The Morgan fingerprint density at radius 1 is 1.19 bits per heavy atom. The molecule has 0 saturated heterocycles. The number of hydrogen-bond donors (Lipinski definition) is 2. The number of hydrogen-bond acceptors (Lipinski definition) is 3. The van der Waals surface area contributed by atoms with E-state index in [2.05, 4.69) is 10.3 Å². The number of aliphatic hydroxyl groups is 1. The summed E-state index contributed by atoms with van der Waals surface area (Å²) in [6.45, 7) is -0.106. The Balaban J connectivity index is 1.74. The molecule has 5 heteroatoms. The molecule has 0 bridgehead atoms. The summed E-state index contributed by atoms with van der Waals surface area (Å²) in [7, 11) is 0. The molecule has 0 spiro atoms. The van der Waals surface area contributed by atoms with Crippen LogP contribution in [-0.2, 0) is 17.8 Å². The van der Waals surface area contributed by atoms with Gasteiger partial charge in [-0.15, -0.1) is 0 Å². The van der Waals surface area contributed by atoms with E-state index in [1.165, 1.54) is 0 Å². The maximum absolute atomic E-state index is 12.1. The van der Waals surface area contributed by atoms with E-state index in [0.717, 1.165) is 5.65 Å². The van der Waals surface area contributed by atoms with E-state index in [1.54, 1.807) is 12.1 Å². The van der Waals surface area contributed by atoms with Crippen molar-refractivity contribution in [3.05, 3.63) is 66.1 Å². The summed E-state index contributed by atoms with van der Waals surface area (Å²) in [5, 5.41) is 12.1. The first-order chi connectivity index (χ1) is 10.3. The van der Waals surface area contributed by atoms with E-state index in [1.807, 2.05) is 47.1 Å². The van der Waals surface area contributed by atoms with Crippen molar-refractivity contribution in [1.82, 2.24) is 9.38 Å². The number of nitrogens with zero attached hydrogens (tertiary/aromatic N) is 2. The molecule has 0 aliphatic heterocycles. The second-order valence-corrected chi connectivity index (χ2v) is 4.74. The molecule has 0 aliphatic rings. The van der Waals surface area contributed by atoms with Gasteiger partial charge in [-0.1, -0.05) is 24.3 Å². The summed E-state index contributed by atoms with van der Waals surface area (Å²) in [6.07, 6.45) is 3.93. The Kier molecular flexibility index (Phi) is 3.66. The number of carbonyl (C=O) groups is 1. The topological polar surface area (TPSA) is 66.6 Å². The molecule has 1 amide bonds. The van der Waals surface area contributed by atoms with Crippen LogP contribution in [0.5, 0.6) is 0 Å². The van der Waals surface area contributed by atoms with Crippen LogP contribution < -0.4 is 5.32 Å². The number of nitrogens with one attached hydrogen (secondary N) is 1. The summed E-state index contributed by atoms with van der Waals surface area (Å²) < 4.78 is 1.88.